The Balaban J connectivity index is 2.19. The van der Waals surface area contributed by atoms with Gasteiger partial charge in [-0.3, -0.25) is 0 Å². The average Bonchev–Trinajstić information content (AvgIpc) is 2.33. The van der Waals surface area contributed by atoms with Crippen LogP contribution in [0.25, 0.3) is 0 Å². The van der Waals surface area contributed by atoms with Crippen molar-refractivity contribution in [3.8, 4) is 0 Å². The first kappa shape index (κ1) is 5.76. The molecular formula is C9H16. The second kappa shape index (κ2) is 1.21. The molecule has 0 aromatic heterocycles. The Kier molecular flexibility index (Phi) is 0.774. The molecule has 0 aromatic rings. The first-order chi connectivity index (χ1) is 4.10. The van der Waals surface area contributed by atoms with E-state index in [-0.39, 0.29) is 0 Å². The molecule has 2 aliphatic carbocycles. The maximum Gasteiger partial charge on any atom is -0.0235 e. The summed E-state index contributed by atoms with van der Waals surface area (Å²) in [5.41, 5.74) is 0.777. The summed E-state index contributed by atoms with van der Waals surface area (Å²) in [5.74, 6) is 4.14. The highest BCUT2D eigenvalue weighted by Gasteiger charge is 2.72. The molecule has 0 radical (unpaired) electrons. The molecule has 2 fully saturated rings. The Morgan fingerprint density at radius 2 is 1.56 bits per heavy atom. The average molecular weight is 124 g/mol. The highest BCUT2D eigenvalue weighted by atomic mass is 14.8. The van der Waals surface area contributed by atoms with Crippen LogP contribution in [0.15, 0.2) is 0 Å². The van der Waals surface area contributed by atoms with Crippen LogP contribution < -0.4 is 0 Å². The van der Waals surface area contributed by atoms with E-state index in [1.165, 1.54) is 0 Å². The van der Waals surface area contributed by atoms with Crippen molar-refractivity contribution < 1.29 is 0 Å². The molecule has 2 saturated carbocycles. The lowest BCUT2D eigenvalue weighted by atomic mass is 9.67. The zero-order chi connectivity index (χ0) is 6.81. The fourth-order valence-electron chi connectivity index (χ4n) is 3.29. The summed E-state index contributed by atoms with van der Waals surface area (Å²) in [6.07, 6.45) is 0. The van der Waals surface area contributed by atoms with Gasteiger partial charge in [0.05, 0.1) is 0 Å². The van der Waals surface area contributed by atoms with Crippen molar-refractivity contribution in [3.05, 3.63) is 0 Å². The molecule has 5 atom stereocenters. The fourth-order valence-corrected chi connectivity index (χ4v) is 3.29. The first-order valence-corrected chi connectivity index (χ1v) is 4.10. The molecular weight excluding hydrogens is 108 g/mol. The summed E-state index contributed by atoms with van der Waals surface area (Å²) >= 11 is 0. The van der Waals surface area contributed by atoms with E-state index in [1.54, 1.807) is 0 Å². The summed E-state index contributed by atoms with van der Waals surface area (Å²) in [6.45, 7) is 9.67. The Bertz CT molecular complexity index is 137. The molecule has 0 heteroatoms. The smallest absolute Gasteiger partial charge is 0.0235 e. The largest absolute Gasteiger partial charge is 0.0619 e. The SMILES string of the molecule is CC1C2[C@@H](C)[C@@H](C)[C@]12C. The zero-order valence-corrected chi connectivity index (χ0v) is 6.81. The summed E-state index contributed by atoms with van der Waals surface area (Å²) in [6, 6.07) is 0. The van der Waals surface area contributed by atoms with Gasteiger partial charge in [0.2, 0.25) is 0 Å². The van der Waals surface area contributed by atoms with Crippen molar-refractivity contribution in [1.29, 1.82) is 0 Å². The molecule has 0 bridgehead atoms. The number of fused-ring (bicyclic) bond motifs is 1. The topological polar surface area (TPSA) is 0 Å². The third-order valence-corrected chi connectivity index (χ3v) is 4.47. The number of hydrogen-bond acceptors (Lipinski definition) is 0. The summed E-state index contributed by atoms with van der Waals surface area (Å²) in [4.78, 5) is 0. The lowest BCUT2D eigenvalue weighted by Gasteiger charge is -2.37. The minimum atomic E-state index is 0.777. The van der Waals surface area contributed by atoms with Gasteiger partial charge in [-0.05, 0) is 29.1 Å². The van der Waals surface area contributed by atoms with E-state index < -0.39 is 0 Å². The van der Waals surface area contributed by atoms with E-state index in [0.717, 1.165) is 29.1 Å². The van der Waals surface area contributed by atoms with Crippen LogP contribution in [0.2, 0.25) is 0 Å². The van der Waals surface area contributed by atoms with Gasteiger partial charge in [0.25, 0.3) is 0 Å². The second-order valence-corrected chi connectivity index (χ2v) is 4.33. The Morgan fingerprint density at radius 3 is 1.67 bits per heavy atom. The van der Waals surface area contributed by atoms with Crippen LogP contribution in [0.1, 0.15) is 27.7 Å². The maximum atomic E-state index is 2.45. The van der Waals surface area contributed by atoms with Gasteiger partial charge in [-0.25, -0.2) is 0 Å². The van der Waals surface area contributed by atoms with E-state index in [9.17, 15) is 0 Å². The van der Waals surface area contributed by atoms with Crippen LogP contribution >= 0.6 is 0 Å². The van der Waals surface area contributed by atoms with Crippen LogP contribution in [0.5, 0.6) is 0 Å². The molecule has 0 N–H and O–H groups in total. The van der Waals surface area contributed by atoms with E-state index in [4.69, 9.17) is 0 Å². The molecule has 0 saturated heterocycles. The minimum Gasteiger partial charge on any atom is -0.0619 e. The lowest BCUT2D eigenvalue weighted by molar-refractivity contribution is 0.105. The van der Waals surface area contributed by atoms with Crippen molar-refractivity contribution in [3.63, 3.8) is 0 Å². The standard InChI is InChI=1S/C9H16/c1-5-6(2)9(4)7(3)8(5)9/h5-8H,1-4H3/t5-,6+,7?,8?,9+/m0/s1. The van der Waals surface area contributed by atoms with E-state index >= 15 is 0 Å². The Morgan fingerprint density at radius 1 is 1.00 bits per heavy atom. The van der Waals surface area contributed by atoms with Crippen molar-refractivity contribution >= 4 is 0 Å². The quantitative estimate of drug-likeness (QED) is 0.465. The lowest BCUT2D eigenvalue weighted by Crippen LogP contribution is -2.32. The van der Waals surface area contributed by atoms with Crippen molar-refractivity contribution in [2.45, 2.75) is 27.7 Å². The van der Waals surface area contributed by atoms with Gasteiger partial charge < -0.3 is 0 Å². The Hall–Kier alpha value is 0. The van der Waals surface area contributed by atoms with Crippen LogP contribution in [0.4, 0.5) is 0 Å². The van der Waals surface area contributed by atoms with Gasteiger partial charge >= 0.3 is 0 Å². The van der Waals surface area contributed by atoms with Gasteiger partial charge in [-0.2, -0.15) is 0 Å². The summed E-state index contributed by atoms with van der Waals surface area (Å²) < 4.78 is 0. The van der Waals surface area contributed by atoms with Crippen molar-refractivity contribution in [2.75, 3.05) is 0 Å². The van der Waals surface area contributed by atoms with Crippen molar-refractivity contribution in [2.24, 2.45) is 29.1 Å². The molecule has 0 heterocycles. The zero-order valence-electron chi connectivity index (χ0n) is 6.81. The van der Waals surface area contributed by atoms with Gasteiger partial charge in [0.1, 0.15) is 0 Å². The Labute approximate surface area is 57.6 Å². The molecule has 2 unspecified atom stereocenters. The highest BCUT2D eigenvalue weighted by molar-refractivity contribution is 5.19. The third kappa shape index (κ3) is 0.367. The monoisotopic (exact) mass is 124 g/mol. The van der Waals surface area contributed by atoms with Gasteiger partial charge in [-0.1, -0.05) is 27.7 Å². The maximum absolute atomic E-state index is 2.45. The predicted octanol–water partition coefficient (Wildman–Crippen LogP) is 2.54. The molecule has 52 valence electrons. The normalized spacial score (nSPS) is 70.7. The number of hydrogen-bond donors (Lipinski definition) is 0. The third-order valence-electron chi connectivity index (χ3n) is 4.47. The molecule has 0 spiro atoms. The number of rotatable bonds is 0. The molecule has 0 amide bonds. The van der Waals surface area contributed by atoms with E-state index in [2.05, 4.69) is 27.7 Å². The molecule has 0 aliphatic heterocycles. The van der Waals surface area contributed by atoms with Crippen molar-refractivity contribution in [1.82, 2.24) is 0 Å². The summed E-state index contributed by atoms with van der Waals surface area (Å²) in [7, 11) is 0. The van der Waals surface area contributed by atoms with Crippen LogP contribution in [-0.4, -0.2) is 0 Å². The van der Waals surface area contributed by atoms with Gasteiger partial charge in [-0.15, -0.1) is 0 Å². The molecule has 2 aliphatic rings. The first-order valence-electron chi connectivity index (χ1n) is 4.10. The van der Waals surface area contributed by atoms with E-state index in [0.29, 0.717) is 0 Å². The molecule has 2 rings (SSSR count). The second-order valence-electron chi connectivity index (χ2n) is 4.33. The highest BCUT2D eigenvalue weighted by Crippen LogP contribution is 2.77. The van der Waals surface area contributed by atoms with Crippen LogP contribution in [-0.2, 0) is 0 Å². The predicted molar refractivity (Wildman–Crippen MR) is 39.1 cm³/mol. The van der Waals surface area contributed by atoms with Gasteiger partial charge in [0, 0.05) is 0 Å². The van der Waals surface area contributed by atoms with E-state index in [1.807, 2.05) is 0 Å². The van der Waals surface area contributed by atoms with Crippen LogP contribution in [0, 0.1) is 29.1 Å². The molecule has 9 heavy (non-hydrogen) atoms. The fraction of sp³-hybridized carbons (Fsp3) is 1.00. The molecule has 0 nitrogen and oxygen atoms in total. The molecule has 0 aromatic carbocycles. The minimum absolute atomic E-state index is 0.777. The van der Waals surface area contributed by atoms with Gasteiger partial charge in [0.15, 0.2) is 0 Å². The van der Waals surface area contributed by atoms with Crippen LogP contribution in [0.3, 0.4) is 0 Å². The summed E-state index contributed by atoms with van der Waals surface area (Å²) in [5, 5.41) is 0.